The summed E-state index contributed by atoms with van der Waals surface area (Å²) < 4.78 is 32.9. The molecule has 4 rings (SSSR count). The lowest BCUT2D eigenvalue weighted by molar-refractivity contribution is 0.102. The van der Waals surface area contributed by atoms with Crippen LogP contribution in [-0.4, -0.2) is 36.9 Å². The molecule has 0 spiro atoms. The molecule has 7 nitrogen and oxygen atoms in total. The Labute approximate surface area is 205 Å². The van der Waals surface area contributed by atoms with Gasteiger partial charge in [-0.2, -0.15) is 4.31 Å². The van der Waals surface area contributed by atoms with Gasteiger partial charge < -0.3 is 9.84 Å². The van der Waals surface area contributed by atoms with Crippen molar-refractivity contribution in [2.45, 2.75) is 42.7 Å². The molecule has 1 aromatic heterocycles. The molecule has 2 heterocycles. The van der Waals surface area contributed by atoms with Crippen LogP contribution in [0.15, 0.2) is 68.9 Å². The summed E-state index contributed by atoms with van der Waals surface area (Å²) in [5.74, 6) is 1.75. The third-order valence-electron chi connectivity index (χ3n) is 5.77. The highest BCUT2D eigenvalue weighted by atomic mass is 32.2. The summed E-state index contributed by atoms with van der Waals surface area (Å²) in [6.45, 7) is 7.08. The van der Waals surface area contributed by atoms with Crippen molar-refractivity contribution in [3.8, 4) is 0 Å². The van der Waals surface area contributed by atoms with Crippen molar-refractivity contribution in [2.75, 3.05) is 18.4 Å². The maximum Gasteiger partial charge on any atom is 0.256 e. The Morgan fingerprint density at radius 1 is 1.12 bits per heavy atom. The first-order valence-corrected chi connectivity index (χ1v) is 13.7. The van der Waals surface area contributed by atoms with E-state index in [2.05, 4.69) is 24.3 Å². The normalized spacial score (nSPS) is 19.1. The van der Waals surface area contributed by atoms with Gasteiger partial charge in [-0.05, 0) is 61.6 Å². The highest BCUT2D eigenvalue weighted by Crippen LogP contribution is 2.29. The zero-order valence-electron chi connectivity index (χ0n) is 19.5. The summed E-state index contributed by atoms with van der Waals surface area (Å²) >= 11 is 1.51. The lowest BCUT2D eigenvalue weighted by Crippen LogP contribution is -2.42. The number of aromatic nitrogens is 1. The summed E-state index contributed by atoms with van der Waals surface area (Å²) in [5.41, 5.74) is 1.89. The summed E-state index contributed by atoms with van der Waals surface area (Å²) in [6.07, 6.45) is 1.04. The molecule has 1 aliphatic heterocycles. The Morgan fingerprint density at radius 3 is 2.44 bits per heavy atom. The van der Waals surface area contributed by atoms with Crippen molar-refractivity contribution < 1.29 is 17.7 Å². The molecule has 9 heteroatoms. The molecular weight excluding hydrogens is 470 g/mol. The van der Waals surface area contributed by atoms with Crippen LogP contribution < -0.4 is 5.32 Å². The molecule has 0 saturated carbocycles. The van der Waals surface area contributed by atoms with Gasteiger partial charge in [-0.15, -0.1) is 11.8 Å². The average molecular weight is 500 g/mol. The fraction of sp³-hybridized carbons (Fsp3) is 0.360. The zero-order valence-corrected chi connectivity index (χ0v) is 21.2. The minimum absolute atomic E-state index is 0.241. The van der Waals surface area contributed by atoms with E-state index in [4.69, 9.17) is 4.52 Å². The van der Waals surface area contributed by atoms with E-state index in [9.17, 15) is 13.2 Å². The van der Waals surface area contributed by atoms with Gasteiger partial charge in [0.2, 0.25) is 10.0 Å². The monoisotopic (exact) mass is 499 g/mol. The summed E-state index contributed by atoms with van der Waals surface area (Å²) in [5, 5.41) is 6.87. The zero-order chi connectivity index (χ0) is 24.3. The highest BCUT2D eigenvalue weighted by molar-refractivity contribution is 7.98. The Morgan fingerprint density at radius 2 is 1.79 bits per heavy atom. The highest BCUT2D eigenvalue weighted by Gasteiger charge is 2.31. The molecule has 34 heavy (non-hydrogen) atoms. The first-order valence-electron chi connectivity index (χ1n) is 11.3. The molecule has 1 fully saturated rings. The second kappa shape index (κ2) is 10.3. The van der Waals surface area contributed by atoms with E-state index in [0.717, 1.165) is 22.8 Å². The molecule has 1 amide bonds. The molecule has 2 aromatic carbocycles. The molecule has 180 valence electrons. The van der Waals surface area contributed by atoms with E-state index in [-0.39, 0.29) is 10.8 Å². The van der Waals surface area contributed by atoms with Crippen molar-refractivity contribution in [3.05, 3.63) is 71.6 Å². The van der Waals surface area contributed by atoms with Crippen LogP contribution in [0.4, 0.5) is 5.69 Å². The average Bonchev–Trinajstić information content (AvgIpc) is 3.22. The smallest absolute Gasteiger partial charge is 0.256 e. The van der Waals surface area contributed by atoms with Crippen LogP contribution in [0, 0.1) is 18.8 Å². The predicted molar refractivity (Wildman–Crippen MR) is 133 cm³/mol. The van der Waals surface area contributed by atoms with E-state index in [1.54, 1.807) is 34.6 Å². The van der Waals surface area contributed by atoms with Crippen LogP contribution in [0.5, 0.6) is 0 Å². The number of carbonyl (C=O) groups excluding carboxylic acids is 1. The fourth-order valence-electron chi connectivity index (χ4n) is 4.28. The van der Waals surface area contributed by atoms with Crippen molar-refractivity contribution >= 4 is 33.4 Å². The summed E-state index contributed by atoms with van der Waals surface area (Å²) in [7, 11) is -3.56. The molecule has 0 radical (unpaired) electrons. The molecule has 0 bridgehead atoms. The topological polar surface area (TPSA) is 92.5 Å². The van der Waals surface area contributed by atoms with Gasteiger partial charge >= 0.3 is 0 Å². The SMILES string of the molecule is Cc1cc(CSc2ccccc2C(=O)Nc2ccc(S(=O)(=O)N3C[C@H](C)C[C@H](C)C3)cc2)no1. The number of aryl methyl sites for hydroxylation is 1. The molecule has 0 unspecified atom stereocenters. The minimum Gasteiger partial charge on any atom is -0.361 e. The Kier molecular flexibility index (Phi) is 7.45. The summed E-state index contributed by atoms with van der Waals surface area (Å²) in [4.78, 5) is 14.0. The van der Waals surface area contributed by atoms with Crippen LogP contribution in [0.25, 0.3) is 0 Å². The molecule has 1 N–H and O–H groups in total. The third kappa shape index (κ3) is 5.71. The quantitative estimate of drug-likeness (QED) is 0.450. The number of piperidine rings is 1. The lowest BCUT2D eigenvalue weighted by atomic mass is 9.94. The van der Waals surface area contributed by atoms with Crippen LogP contribution in [0.2, 0.25) is 0 Å². The van der Waals surface area contributed by atoms with Crippen LogP contribution >= 0.6 is 11.8 Å². The van der Waals surface area contributed by atoms with Gasteiger partial charge in [-0.1, -0.05) is 31.1 Å². The van der Waals surface area contributed by atoms with Crippen molar-refractivity contribution in [1.29, 1.82) is 0 Å². The van der Waals surface area contributed by atoms with Crippen molar-refractivity contribution in [3.63, 3.8) is 0 Å². The molecule has 1 aliphatic rings. The fourth-order valence-corrected chi connectivity index (χ4v) is 6.89. The van der Waals surface area contributed by atoms with Gasteiger partial charge in [0.05, 0.1) is 16.2 Å². The van der Waals surface area contributed by atoms with Crippen LogP contribution in [0.3, 0.4) is 0 Å². The van der Waals surface area contributed by atoms with Crippen molar-refractivity contribution in [2.24, 2.45) is 11.8 Å². The van der Waals surface area contributed by atoms with E-state index in [0.29, 0.717) is 41.9 Å². The molecular formula is C25H29N3O4S2. The number of thioether (sulfide) groups is 1. The van der Waals surface area contributed by atoms with Gasteiger partial charge in [-0.25, -0.2) is 8.42 Å². The predicted octanol–water partition coefficient (Wildman–Crippen LogP) is 5.19. The van der Waals surface area contributed by atoms with E-state index in [1.165, 1.54) is 11.8 Å². The molecule has 3 aromatic rings. The number of anilines is 1. The number of carbonyl (C=O) groups is 1. The number of hydrogen-bond acceptors (Lipinski definition) is 6. The van der Waals surface area contributed by atoms with Gasteiger partial charge in [0.15, 0.2) is 0 Å². The molecule has 2 atom stereocenters. The molecule has 0 aliphatic carbocycles. The number of benzene rings is 2. The second-order valence-corrected chi connectivity index (χ2v) is 11.9. The maximum absolute atomic E-state index is 13.1. The Hall–Kier alpha value is -2.62. The maximum atomic E-state index is 13.1. The largest absolute Gasteiger partial charge is 0.361 e. The number of rotatable bonds is 7. The number of hydrogen-bond donors (Lipinski definition) is 1. The summed E-state index contributed by atoms with van der Waals surface area (Å²) in [6, 6.07) is 15.6. The van der Waals surface area contributed by atoms with Crippen molar-refractivity contribution in [1.82, 2.24) is 9.46 Å². The number of sulfonamides is 1. The van der Waals surface area contributed by atoms with E-state index < -0.39 is 10.0 Å². The number of amides is 1. The van der Waals surface area contributed by atoms with Gasteiger partial charge in [0, 0.05) is 35.5 Å². The molecule has 1 saturated heterocycles. The number of nitrogens with one attached hydrogen (secondary N) is 1. The Bertz CT molecular complexity index is 1250. The lowest BCUT2D eigenvalue weighted by Gasteiger charge is -2.34. The Balaban J connectivity index is 1.44. The first-order chi connectivity index (χ1) is 16.2. The number of nitrogens with zero attached hydrogens (tertiary/aromatic N) is 2. The standard InChI is InChI=1S/C25H29N3O4S2/c1-17-12-18(2)15-28(14-17)34(30,31)22-10-8-20(9-11-22)26-25(29)23-6-4-5-7-24(23)33-16-21-13-19(3)32-27-21/h4-11,13,17-18H,12,14-16H2,1-3H3,(H,26,29)/t17-,18+. The van der Waals surface area contributed by atoms with Crippen LogP contribution in [0.1, 0.15) is 42.1 Å². The van der Waals surface area contributed by atoms with Gasteiger partial charge in [0.25, 0.3) is 5.91 Å². The van der Waals surface area contributed by atoms with E-state index in [1.807, 2.05) is 31.2 Å². The first kappa shape index (κ1) is 24.5. The van der Waals surface area contributed by atoms with Gasteiger partial charge in [0.1, 0.15) is 5.76 Å². The second-order valence-electron chi connectivity index (χ2n) is 8.96. The third-order valence-corrected chi connectivity index (χ3v) is 8.72. The van der Waals surface area contributed by atoms with Crippen LogP contribution in [-0.2, 0) is 15.8 Å². The van der Waals surface area contributed by atoms with Gasteiger partial charge in [-0.3, -0.25) is 4.79 Å². The minimum atomic E-state index is -3.56. The van der Waals surface area contributed by atoms with E-state index >= 15 is 0 Å².